The van der Waals surface area contributed by atoms with Gasteiger partial charge in [-0.25, -0.2) is 14.6 Å². The third-order valence-corrected chi connectivity index (χ3v) is 10.3. The first kappa shape index (κ1) is 41.5. The van der Waals surface area contributed by atoms with E-state index < -0.39 is 54.3 Å². The minimum atomic E-state index is -1.55. The number of para-hydroxylation sites is 1. The molecule has 4 atom stereocenters. The molecule has 290 valence electrons. The highest BCUT2D eigenvalue weighted by atomic mass is 16.4. The molecule has 15 heteroatoms. The van der Waals surface area contributed by atoms with E-state index in [9.17, 15) is 29.4 Å². The number of fused-ring (bicyclic) bond motifs is 1. The number of amides is 3. The Morgan fingerprint density at radius 1 is 0.906 bits per heavy atom. The monoisotopic (exact) mass is 739 g/mol. The van der Waals surface area contributed by atoms with Crippen molar-refractivity contribution < 1.29 is 49.8 Å². The normalized spacial score (nSPS) is 19.5. The summed E-state index contributed by atoms with van der Waals surface area (Å²) in [5, 5.41) is 65.4. The van der Waals surface area contributed by atoms with Crippen molar-refractivity contribution in [2.45, 2.75) is 89.1 Å². The summed E-state index contributed by atoms with van der Waals surface area (Å²) in [5.74, 6) is -1.45. The summed E-state index contributed by atoms with van der Waals surface area (Å²) < 4.78 is 0. The lowest BCUT2D eigenvalue weighted by atomic mass is 9.82. The Morgan fingerprint density at radius 2 is 1.57 bits per heavy atom. The summed E-state index contributed by atoms with van der Waals surface area (Å²) in [6.45, 7) is 0.957. The number of hydrogen-bond donors (Lipinski definition) is 8. The van der Waals surface area contributed by atoms with E-state index >= 15 is 0 Å². The molecule has 2 fully saturated rings. The fraction of sp³-hybridized carbons (Fsp3) is 0.553. The molecule has 0 saturated heterocycles. The van der Waals surface area contributed by atoms with Crippen LogP contribution in [-0.2, 0) is 9.59 Å². The smallest absolute Gasteiger partial charge is 0.345 e. The van der Waals surface area contributed by atoms with Gasteiger partial charge in [0.05, 0.1) is 36.2 Å². The number of aliphatic hydroxyl groups is 5. The Morgan fingerprint density at radius 3 is 2.21 bits per heavy atom. The summed E-state index contributed by atoms with van der Waals surface area (Å²) >= 11 is 0. The number of Topliss-reactive ketones (excluding diaryl/α,β-unsaturated/α-hetero) is 1. The van der Waals surface area contributed by atoms with E-state index in [-0.39, 0.29) is 36.9 Å². The Hall–Kier alpha value is -4.25. The van der Waals surface area contributed by atoms with Crippen molar-refractivity contribution >= 4 is 40.8 Å². The fourth-order valence-electron chi connectivity index (χ4n) is 7.06. The second kappa shape index (κ2) is 19.2. The van der Waals surface area contributed by atoms with Crippen LogP contribution in [0.15, 0.2) is 53.6 Å². The molecule has 2 saturated carbocycles. The Kier molecular flexibility index (Phi) is 15.0. The average Bonchev–Trinajstić information content (AvgIpc) is 3.58. The average molecular weight is 740 g/mol. The van der Waals surface area contributed by atoms with E-state index in [0.717, 1.165) is 69.1 Å². The standard InChI is InChI=1S/C31H36N4O5.C7H17NO5/c1-31(16-7-8-17-31)26(36)19-34-25-15-6-5-14-24(25)28(21-10-3-2-4-11-21)33-35(30(34)40)20-27(37)32-23-13-9-12-22(18-23)29(38)39;1-8-2-4(10)6(12)7(13)5(11)3-9/h5-6,9,12-15,18,21H,2-4,7-8,10-11,16-17,19-20H2,1H3,(H,32,37)(H,38,39);4-13H,2-3H2,1H3/t;4-,5+,6+,7+/m.0/s1. The number of carboxylic acid groups (broad SMARTS) is 1. The van der Waals surface area contributed by atoms with Crippen molar-refractivity contribution in [3.05, 3.63) is 59.7 Å². The van der Waals surface area contributed by atoms with Crippen LogP contribution in [0.3, 0.4) is 0 Å². The van der Waals surface area contributed by atoms with Crippen molar-refractivity contribution in [3.63, 3.8) is 0 Å². The Balaban J connectivity index is 0.000000413. The SMILES string of the molecule is CC1(C(=O)CN2C(=O)N(CC(=O)Nc3cccc(C(=O)O)c3)N=C(C3CCCCC3)c3ccccc32)CCCC1.CNC[C@H](O)[C@@H](O)[C@H](O)[C@H](O)CO. The largest absolute Gasteiger partial charge is 0.478 e. The summed E-state index contributed by atoms with van der Waals surface area (Å²) in [6.07, 6.45) is 3.15. The number of hydrazone groups is 1. The zero-order valence-corrected chi connectivity index (χ0v) is 30.4. The van der Waals surface area contributed by atoms with Gasteiger partial charge < -0.3 is 41.3 Å². The number of nitrogens with zero attached hydrogens (tertiary/aromatic N) is 3. The van der Waals surface area contributed by atoms with E-state index in [4.69, 9.17) is 25.5 Å². The molecule has 0 bridgehead atoms. The number of likely N-dealkylation sites (N-methyl/N-ethyl adjacent to an activating group) is 1. The third kappa shape index (κ3) is 10.7. The Labute approximate surface area is 309 Å². The molecular formula is C38H53N5O10. The van der Waals surface area contributed by atoms with Crippen LogP contribution in [0.5, 0.6) is 0 Å². The van der Waals surface area contributed by atoms with Crippen molar-refractivity contribution in [3.8, 4) is 0 Å². The number of hydrogen-bond acceptors (Lipinski definition) is 11. The zero-order chi connectivity index (χ0) is 38.7. The Bertz CT molecular complexity index is 1610. The third-order valence-electron chi connectivity index (χ3n) is 10.3. The van der Waals surface area contributed by atoms with Crippen LogP contribution in [-0.4, -0.2) is 123 Å². The number of benzene rings is 2. The van der Waals surface area contributed by atoms with Gasteiger partial charge in [0.1, 0.15) is 24.9 Å². The summed E-state index contributed by atoms with van der Waals surface area (Å²) in [5.41, 5.74) is 2.13. The quantitative estimate of drug-likeness (QED) is 0.140. The van der Waals surface area contributed by atoms with Gasteiger partial charge in [0, 0.05) is 29.1 Å². The summed E-state index contributed by atoms with van der Waals surface area (Å²) in [6, 6.07) is 13.0. The molecule has 3 amide bonds. The predicted octanol–water partition coefficient (Wildman–Crippen LogP) is 2.34. The maximum absolute atomic E-state index is 14.1. The number of aliphatic hydroxyl groups excluding tert-OH is 5. The summed E-state index contributed by atoms with van der Waals surface area (Å²) in [4.78, 5) is 53.6. The molecule has 2 aromatic rings. The van der Waals surface area contributed by atoms with Gasteiger partial charge in [-0.1, -0.05) is 63.3 Å². The topological polar surface area (TPSA) is 233 Å². The second-order valence-electron chi connectivity index (χ2n) is 14.2. The lowest BCUT2D eigenvalue weighted by molar-refractivity contribution is -0.126. The van der Waals surface area contributed by atoms with Crippen LogP contribution in [0.1, 0.15) is 80.6 Å². The molecule has 3 aliphatic rings. The van der Waals surface area contributed by atoms with Gasteiger partial charge in [-0.2, -0.15) is 5.10 Å². The first-order valence-corrected chi connectivity index (χ1v) is 18.2. The number of ketones is 1. The van der Waals surface area contributed by atoms with E-state index in [1.807, 2.05) is 31.2 Å². The van der Waals surface area contributed by atoms with Gasteiger partial charge in [-0.15, -0.1) is 0 Å². The number of urea groups is 1. The van der Waals surface area contributed by atoms with E-state index in [0.29, 0.717) is 11.4 Å². The van der Waals surface area contributed by atoms with E-state index in [1.165, 1.54) is 22.0 Å². The van der Waals surface area contributed by atoms with Crippen LogP contribution in [0.4, 0.5) is 16.2 Å². The lowest BCUT2D eigenvalue weighted by Gasteiger charge is -2.29. The first-order chi connectivity index (χ1) is 25.3. The molecule has 2 aliphatic carbocycles. The molecule has 0 unspecified atom stereocenters. The number of nitrogens with one attached hydrogen (secondary N) is 2. The van der Waals surface area contributed by atoms with Gasteiger partial charge >= 0.3 is 12.0 Å². The number of carboxylic acids is 1. The number of carbonyl (C=O) groups is 4. The van der Waals surface area contributed by atoms with E-state index in [2.05, 4.69) is 10.6 Å². The predicted molar refractivity (Wildman–Crippen MR) is 198 cm³/mol. The van der Waals surface area contributed by atoms with E-state index in [1.54, 1.807) is 19.2 Å². The van der Waals surface area contributed by atoms with Crippen LogP contribution in [0, 0.1) is 11.3 Å². The lowest BCUT2D eigenvalue weighted by Crippen LogP contribution is -2.48. The number of anilines is 2. The number of carbonyl (C=O) groups excluding carboxylic acids is 3. The molecule has 2 aromatic carbocycles. The van der Waals surface area contributed by atoms with Crippen LogP contribution >= 0.6 is 0 Å². The molecule has 8 N–H and O–H groups in total. The first-order valence-electron chi connectivity index (χ1n) is 18.2. The minimum Gasteiger partial charge on any atom is -0.478 e. The maximum atomic E-state index is 14.1. The highest BCUT2D eigenvalue weighted by Crippen LogP contribution is 2.40. The summed E-state index contributed by atoms with van der Waals surface area (Å²) in [7, 11) is 1.57. The van der Waals surface area contributed by atoms with Crippen molar-refractivity contribution in [1.82, 2.24) is 10.3 Å². The number of rotatable bonds is 14. The van der Waals surface area contributed by atoms with Crippen LogP contribution < -0.4 is 15.5 Å². The molecular weight excluding hydrogens is 686 g/mol. The maximum Gasteiger partial charge on any atom is 0.345 e. The number of aromatic carboxylic acids is 1. The molecule has 0 spiro atoms. The van der Waals surface area contributed by atoms with Gasteiger partial charge in [0.25, 0.3) is 0 Å². The second-order valence-corrected chi connectivity index (χ2v) is 14.2. The molecule has 5 rings (SSSR count). The van der Waals surface area contributed by atoms with Gasteiger partial charge in [0.15, 0.2) is 5.78 Å². The molecule has 1 aliphatic heterocycles. The zero-order valence-electron chi connectivity index (χ0n) is 30.4. The molecule has 1 heterocycles. The fourth-order valence-corrected chi connectivity index (χ4v) is 7.06. The highest BCUT2D eigenvalue weighted by molar-refractivity contribution is 6.13. The van der Waals surface area contributed by atoms with Crippen LogP contribution in [0.2, 0.25) is 0 Å². The molecule has 15 nitrogen and oxygen atoms in total. The molecule has 53 heavy (non-hydrogen) atoms. The van der Waals surface area contributed by atoms with Gasteiger partial charge in [0.2, 0.25) is 5.91 Å². The molecule has 0 radical (unpaired) electrons. The van der Waals surface area contributed by atoms with Crippen molar-refractivity contribution in [2.75, 3.05) is 43.5 Å². The van der Waals surface area contributed by atoms with Gasteiger partial charge in [-0.05, 0) is 57.0 Å². The van der Waals surface area contributed by atoms with Crippen molar-refractivity contribution in [2.24, 2.45) is 16.4 Å². The highest BCUT2D eigenvalue weighted by Gasteiger charge is 2.40. The van der Waals surface area contributed by atoms with Crippen LogP contribution in [0.25, 0.3) is 0 Å². The van der Waals surface area contributed by atoms with Crippen molar-refractivity contribution in [1.29, 1.82) is 0 Å². The molecule has 0 aromatic heterocycles. The minimum absolute atomic E-state index is 0.0177. The van der Waals surface area contributed by atoms with Gasteiger partial charge in [-0.3, -0.25) is 14.5 Å².